The van der Waals surface area contributed by atoms with Crippen molar-refractivity contribution in [1.29, 1.82) is 0 Å². The van der Waals surface area contributed by atoms with Crippen LogP contribution in [0.5, 0.6) is 0 Å². The van der Waals surface area contributed by atoms with Gasteiger partial charge in [0.05, 0.1) is 5.56 Å². The second kappa shape index (κ2) is 3.50. The Morgan fingerprint density at radius 3 is 2.31 bits per heavy atom. The van der Waals surface area contributed by atoms with Gasteiger partial charge in [-0.15, -0.1) is 0 Å². The number of halogens is 5. The van der Waals surface area contributed by atoms with Crippen molar-refractivity contribution in [2.24, 2.45) is 0 Å². The van der Waals surface area contributed by atoms with Crippen LogP contribution in [0.2, 0.25) is 5.02 Å². The zero-order valence-corrected chi connectivity index (χ0v) is 8.89. The highest BCUT2D eigenvalue weighted by atomic mass is 79.9. The molecule has 0 radical (unpaired) electrons. The third-order valence-electron chi connectivity index (χ3n) is 1.52. The van der Waals surface area contributed by atoms with Crippen LogP contribution in [0.15, 0.2) is 16.6 Å². The minimum absolute atomic E-state index is 0.0457. The molecule has 0 atom stereocenters. The fourth-order valence-electron chi connectivity index (χ4n) is 0.932. The van der Waals surface area contributed by atoms with E-state index in [1.54, 1.807) is 6.92 Å². The van der Waals surface area contributed by atoms with E-state index in [2.05, 4.69) is 15.9 Å². The van der Waals surface area contributed by atoms with Crippen LogP contribution in [0.1, 0.15) is 11.1 Å². The Balaban J connectivity index is 3.37. The predicted octanol–water partition coefficient (Wildman–Crippen LogP) is 4.43. The Labute approximate surface area is 86.8 Å². The van der Waals surface area contributed by atoms with E-state index in [-0.39, 0.29) is 9.50 Å². The van der Waals surface area contributed by atoms with Gasteiger partial charge in [0, 0.05) is 9.50 Å². The molecule has 0 bridgehead atoms. The molecule has 0 nitrogen and oxygen atoms in total. The first-order chi connectivity index (χ1) is 5.82. The summed E-state index contributed by atoms with van der Waals surface area (Å²) in [4.78, 5) is 0. The fraction of sp³-hybridized carbons (Fsp3) is 0.250. The molecule has 1 aromatic carbocycles. The SMILES string of the molecule is Cc1cc(Cl)cc(C(F)(F)F)c1Br. The first kappa shape index (κ1) is 10.9. The monoisotopic (exact) mass is 272 g/mol. The number of rotatable bonds is 0. The van der Waals surface area contributed by atoms with E-state index >= 15 is 0 Å². The molecular formula is C8H5BrClF3. The van der Waals surface area contributed by atoms with Gasteiger partial charge in [0.2, 0.25) is 0 Å². The summed E-state index contributed by atoms with van der Waals surface area (Å²) in [6.45, 7) is 1.56. The summed E-state index contributed by atoms with van der Waals surface area (Å²) in [6, 6.07) is 2.37. The maximum absolute atomic E-state index is 12.3. The molecule has 0 fully saturated rings. The first-order valence-corrected chi connectivity index (χ1v) is 4.52. The second-order valence-electron chi connectivity index (χ2n) is 2.58. The van der Waals surface area contributed by atoms with Gasteiger partial charge in [-0.2, -0.15) is 13.2 Å². The van der Waals surface area contributed by atoms with Crippen molar-refractivity contribution in [3.8, 4) is 0 Å². The van der Waals surface area contributed by atoms with E-state index in [9.17, 15) is 13.2 Å². The molecule has 0 aromatic heterocycles. The van der Waals surface area contributed by atoms with E-state index in [4.69, 9.17) is 11.6 Å². The molecule has 0 aliphatic rings. The molecule has 0 unspecified atom stereocenters. The Hall–Kier alpha value is -0.220. The lowest BCUT2D eigenvalue weighted by Gasteiger charge is -2.11. The van der Waals surface area contributed by atoms with Crippen molar-refractivity contribution in [1.82, 2.24) is 0 Å². The highest BCUT2D eigenvalue weighted by Crippen LogP contribution is 2.38. The van der Waals surface area contributed by atoms with E-state index in [0.29, 0.717) is 5.56 Å². The van der Waals surface area contributed by atoms with Crippen LogP contribution in [-0.4, -0.2) is 0 Å². The molecular weight excluding hydrogens is 268 g/mol. The van der Waals surface area contributed by atoms with Gasteiger partial charge in [-0.25, -0.2) is 0 Å². The maximum atomic E-state index is 12.3. The molecule has 1 aromatic rings. The molecule has 0 aliphatic carbocycles. The number of aryl methyl sites for hydroxylation is 1. The Morgan fingerprint density at radius 2 is 1.85 bits per heavy atom. The van der Waals surface area contributed by atoms with Crippen molar-refractivity contribution < 1.29 is 13.2 Å². The zero-order valence-electron chi connectivity index (χ0n) is 6.54. The van der Waals surface area contributed by atoms with E-state index < -0.39 is 11.7 Å². The summed E-state index contributed by atoms with van der Waals surface area (Å²) < 4.78 is 37.0. The summed E-state index contributed by atoms with van der Waals surface area (Å²) >= 11 is 8.38. The van der Waals surface area contributed by atoms with Crippen LogP contribution < -0.4 is 0 Å². The largest absolute Gasteiger partial charge is 0.417 e. The summed E-state index contributed by atoms with van der Waals surface area (Å²) in [6.07, 6.45) is -4.37. The molecule has 1 rings (SSSR count). The Morgan fingerprint density at radius 1 is 1.31 bits per heavy atom. The Kier molecular flexibility index (Phi) is 2.92. The standard InChI is InChI=1S/C8H5BrClF3/c1-4-2-5(10)3-6(7(4)9)8(11,12)13/h2-3H,1H3. The van der Waals surface area contributed by atoms with Gasteiger partial charge in [0.15, 0.2) is 0 Å². The maximum Gasteiger partial charge on any atom is 0.417 e. The third-order valence-corrected chi connectivity index (χ3v) is 2.80. The van der Waals surface area contributed by atoms with Gasteiger partial charge in [0.25, 0.3) is 0 Å². The Bertz CT molecular complexity index is 333. The van der Waals surface area contributed by atoms with Crippen molar-refractivity contribution in [2.75, 3.05) is 0 Å². The van der Waals surface area contributed by atoms with Gasteiger partial charge in [-0.3, -0.25) is 0 Å². The van der Waals surface area contributed by atoms with Gasteiger partial charge >= 0.3 is 6.18 Å². The van der Waals surface area contributed by atoms with Crippen molar-refractivity contribution in [3.63, 3.8) is 0 Å². The first-order valence-electron chi connectivity index (χ1n) is 3.35. The smallest absolute Gasteiger partial charge is 0.166 e. The minimum Gasteiger partial charge on any atom is -0.166 e. The summed E-state index contributed by atoms with van der Waals surface area (Å²) in [5.41, 5.74) is -0.266. The molecule has 13 heavy (non-hydrogen) atoms. The summed E-state index contributed by atoms with van der Waals surface area (Å²) in [5, 5.41) is 0.0908. The number of hydrogen-bond donors (Lipinski definition) is 0. The number of benzene rings is 1. The minimum atomic E-state index is -4.37. The van der Waals surface area contributed by atoms with Crippen LogP contribution in [0.3, 0.4) is 0 Å². The van der Waals surface area contributed by atoms with E-state index in [0.717, 1.165) is 6.07 Å². The van der Waals surface area contributed by atoms with Crippen LogP contribution >= 0.6 is 27.5 Å². The van der Waals surface area contributed by atoms with Crippen LogP contribution in [0.25, 0.3) is 0 Å². The van der Waals surface area contributed by atoms with Crippen LogP contribution in [0.4, 0.5) is 13.2 Å². The molecule has 72 valence electrons. The van der Waals surface area contributed by atoms with Crippen LogP contribution in [-0.2, 0) is 6.18 Å². The number of alkyl halides is 3. The van der Waals surface area contributed by atoms with Gasteiger partial charge in [0.1, 0.15) is 0 Å². The van der Waals surface area contributed by atoms with Crippen molar-refractivity contribution in [2.45, 2.75) is 13.1 Å². The summed E-state index contributed by atoms with van der Waals surface area (Å²) in [7, 11) is 0. The third kappa shape index (κ3) is 2.38. The van der Waals surface area contributed by atoms with Crippen molar-refractivity contribution >= 4 is 27.5 Å². The average Bonchev–Trinajstić information content (AvgIpc) is 1.94. The second-order valence-corrected chi connectivity index (χ2v) is 3.81. The highest BCUT2D eigenvalue weighted by molar-refractivity contribution is 9.10. The molecule has 0 spiro atoms. The molecule has 0 N–H and O–H groups in total. The predicted molar refractivity (Wildman–Crippen MR) is 48.9 cm³/mol. The van der Waals surface area contributed by atoms with E-state index in [1.807, 2.05) is 0 Å². The normalized spacial score (nSPS) is 11.8. The molecule has 0 saturated heterocycles. The van der Waals surface area contributed by atoms with Gasteiger partial charge in [-0.05, 0) is 40.5 Å². The van der Waals surface area contributed by atoms with E-state index in [1.165, 1.54) is 6.07 Å². The highest BCUT2D eigenvalue weighted by Gasteiger charge is 2.33. The lowest BCUT2D eigenvalue weighted by atomic mass is 10.1. The molecule has 0 heterocycles. The average molecular weight is 273 g/mol. The topological polar surface area (TPSA) is 0 Å². The lowest BCUT2D eigenvalue weighted by Crippen LogP contribution is -2.06. The van der Waals surface area contributed by atoms with Crippen molar-refractivity contribution in [3.05, 3.63) is 32.8 Å². The van der Waals surface area contributed by atoms with Gasteiger partial charge in [-0.1, -0.05) is 11.6 Å². The summed E-state index contributed by atoms with van der Waals surface area (Å²) in [5.74, 6) is 0. The molecule has 0 aliphatic heterocycles. The molecule has 5 heteroatoms. The fourth-order valence-corrected chi connectivity index (χ4v) is 1.66. The zero-order chi connectivity index (χ0) is 10.2. The molecule has 0 amide bonds. The van der Waals surface area contributed by atoms with Crippen LogP contribution in [0, 0.1) is 6.92 Å². The molecule has 0 saturated carbocycles. The van der Waals surface area contributed by atoms with Gasteiger partial charge < -0.3 is 0 Å². The number of hydrogen-bond acceptors (Lipinski definition) is 0. The quantitative estimate of drug-likeness (QED) is 0.656. The lowest BCUT2D eigenvalue weighted by molar-refractivity contribution is -0.138.